The van der Waals surface area contributed by atoms with Crippen molar-refractivity contribution >= 4 is 22.5 Å². The highest BCUT2D eigenvalue weighted by molar-refractivity contribution is 7.15. The monoisotopic (exact) mass is 365 g/mol. The number of nitrogens with zero attached hydrogens (tertiary/aromatic N) is 3. The van der Waals surface area contributed by atoms with Gasteiger partial charge in [0.2, 0.25) is 5.13 Å². The molecule has 0 bridgehead atoms. The fourth-order valence-corrected chi connectivity index (χ4v) is 4.69. The van der Waals surface area contributed by atoms with E-state index in [9.17, 15) is 4.79 Å². The summed E-state index contributed by atoms with van der Waals surface area (Å²) in [5.74, 6) is 1.36. The van der Waals surface area contributed by atoms with Gasteiger partial charge in [-0.2, -0.15) is 0 Å². The fraction of sp³-hybridized carbons (Fsp3) is 0.833. The van der Waals surface area contributed by atoms with Crippen LogP contribution < -0.4 is 10.6 Å². The van der Waals surface area contributed by atoms with Crippen LogP contribution >= 0.6 is 11.3 Å². The fourth-order valence-electron chi connectivity index (χ4n) is 3.78. The number of carbonyl (C=O) groups excluding carboxylic acids is 1. The molecule has 1 aromatic heterocycles. The van der Waals surface area contributed by atoms with Gasteiger partial charge in [-0.05, 0) is 51.6 Å². The Morgan fingerprint density at radius 2 is 1.92 bits per heavy atom. The van der Waals surface area contributed by atoms with Gasteiger partial charge in [0.1, 0.15) is 5.01 Å². The van der Waals surface area contributed by atoms with E-state index in [0.717, 1.165) is 24.0 Å². The van der Waals surface area contributed by atoms with Crippen molar-refractivity contribution in [3.8, 4) is 0 Å². The first-order chi connectivity index (χ1) is 12.1. The van der Waals surface area contributed by atoms with Crippen LogP contribution in [-0.2, 0) is 0 Å². The summed E-state index contributed by atoms with van der Waals surface area (Å²) in [6.45, 7) is 7.42. The second kappa shape index (κ2) is 8.94. The zero-order valence-electron chi connectivity index (χ0n) is 15.5. The molecule has 25 heavy (non-hydrogen) atoms. The molecular formula is C18H31N5OS. The Balaban J connectivity index is 1.41. The third-order valence-corrected chi connectivity index (χ3v) is 6.62. The molecule has 1 aliphatic heterocycles. The molecule has 1 aromatic rings. The van der Waals surface area contributed by atoms with Crippen LogP contribution in [0.1, 0.15) is 69.7 Å². The second-order valence-corrected chi connectivity index (χ2v) is 8.69. The normalized spacial score (nSPS) is 21.8. The predicted molar refractivity (Wildman–Crippen MR) is 102 cm³/mol. The molecule has 1 atom stereocenters. The van der Waals surface area contributed by atoms with Crippen LogP contribution in [-0.4, -0.2) is 46.8 Å². The van der Waals surface area contributed by atoms with Gasteiger partial charge in [0.05, 0.1) is 0 Å². The number of piperidine rings is 1. The van der Waals surface area contributed by atoms with Crippen molar-refractivity contribution in [1.82, 2.24) is 20.4 Å². The van der Waals surface area contributed by atoms with E-state index in [1.165, 1.54) is 56.3 Å². The van der Waals surface area contributed by atoms with Gasteiger partial charge in [0.25, 0.3) is 0 Å². The highest BCUT2D eigenvalue weighted by Crippen LogP contribution is 2.35. The summed E-state index contributed by atoms with van der Waals surface area (Å²) in [7, 11) is 0. The quantitative estimate of drug-likeness (QED) is 0.832. The van der Waals surface area contributed by atoms with Crippen LogP contribution in [0.2, 0.25) is 0 Å². The lowest BCUT2D eigenvalue weighted by molar-refractivity contribution is 0.146. The van der Waals surface area contributed by atoms with Gasteiger partial charge in [-0.25, -0.2) is 4.79 Å². The van der Waals surface area contributed by atoms with E-state index in [1.54, 1.807) is 0 Å². The van der Waals surface area contributed by atoms with Crippen molar-refractivity contribution in [2.75, 3.05) is 25.0 Å². The average Bonchev–Trinajstić information content (AvgIpc) is 3.09. The summed E-state index contributed by atoms with van der Waals surface area (Å²) in [5, 5.41) is 15.9. The van der Waals surface area contributed by atoms with Crippen LogP contribution in [0.25, 0.3) is 0 Å². The zero-order chi connectivity index (χ0) is 17.6. The SMILES string of the molecule is CC1CCN(C(C)CNC(=O)Nc2nnc(C3CCCCC3)s2)CC1. The minimum absolute atomic E-state index is 0.177. The van der Waals surface area contributed by atoms with Crippen LogP contribution in [0.3, 0.4) is 0 Å². The van der Waals surface area contributed by atoms with Crippen molar-refractivity contribution in [3.63, 3.8) is 0 Å². The number of nitrogens with one attached hydrogen (secondary N) is 2. The van der Waals surface area contributed by atoms with Crippen LogP contribution in [0.4, 0.5) is 9.93 Å². The summed E-state index contributed by atoms with van der Waals surface area (Å²) in [5.41, 5.74) is 0. The standard InChI is InChI=1S/C18H31N5OS/c1-13-8-10-23(11-9-13)14(2)12-19-17(24)20-18-22-21-16(25-18)15-6-4-3-5-7-15/h13-15H,3-12H2,1-2H3,(H2,19,20,22,24). The highest BCUT2D eigenvalue weighted by Gasteiger charge is 2.22. The first kappa shape index (κ1) is 18.6. The minimum Gasteiger partial charge on any atom is -0.336 e. The Labute approximate surface area is 154 Å². The van der Waals surface area contributed by atoms with Gasteiger partial charge in [-0.15, -0.1) is 10.2 Å². The van der Waals surface area contributed by atoms with Gasteiger partial charge < -0.3 is 5.32 Å². The molecule has 1 unspecified atom stereocenters. The largest absolute Gasteiger partial charge is 0.336 e. The Morgan fingerprint density at radius 3 is 2.64 bits per heavy atom. The maximum absolute atomic E-state index is 12.1. The number of urea groups is 1. The maximum Gasteiger partial charge on any atom is 0.321 e. The van der Waals surface area contributed by atoms with Gasteiger partial charge >= 0.3 is 6.03 Å². The zero-order valence-corrected chi connectivity index (χ0v) is 16.3. The molecule has 1 saturated heterocycles. The molecule has 2 fully saturated rings. The molecule has 6 nitrogen and oxygen atoms in total. The Hall–Kier alpha value is -1.21. The van der Waals surface area contributed by atoms with Crippen molar-refractivity contribution < 1.29 is 4.79 Å². The van der Waals surface area contributed by atoms with Crippen molar-refractivity contribution in [2.24, 2.45) is 5.92 Å². The van der Waals surface area contributed by atoms with Crippen molar-refractivity contribution in [1.29, 1.82) is 0 Å². The molecule has 2 amide bonds. The lowest BCUT2D eigenvalue weighted by atomic mass is 9.90. The molecule has 0 radical (unpaired) electrons. The van der Waals surface area contributed by atoms with Gasteiger partial charge in [-0.1, -0.05) is 37.5 Å². The first-order valence-corrected chi connectivity index (χ1v) is 10.6. The number of carbonyl (C=O) groups is 1. The number of amides is 2. The number of hydrogen-bond donors (Lipinski definition) is 2. The van der Waals surface area contributed by atoms with Crippen LogP contribution in [0.5, 0.6) is 0 Å². The summed E-state index contributed by atoms with van der Waals surface area (Å²) >= 11 is 1.53. The van der Waals surface area contributed by atoms with Crippen molar-refractivity contribution in [2.45, 2.75) is 70.8 Å². The minimum atomic E-state index is -0.177. The lowest BCUT2D eigenvalue weighted by Crippen LogP contribution is -2.46. The number of hydrogen-bond acceptors (Lipinski definition) is 5. The van der Waals surface area contributed by atoms with E-state index in [0.29, 0.717) is 23.6 Å². The molecule has 1 saturated carbocycles. The Bertz CT molecular complexity index is 549. The Kier molecular flexibility index (Phi) is 6.64. The second-order valence-electron chi connectivity index (χ2n) is 7.68. The molecule has 2 aliphatic rings. The summed E-state index contributed by atoms with van der Waals surface area (Å²) < 4.78 is 0. The number of rotatable bonds is 5. The smallest absolute Gasteiger partial charge is 0.321 e. The summed E-state index contributed by atoms with van der Waals surface area (Å²) in [6, 6.07) is 0.189. The van der Waals surface area contributed by atoms with Gasteiger partial charge in [0.15, 0.2) is 0 Å². The van der Waals surface area contributed by atoms with E-state index < -0.39 is 0 Å². The first-order valence-electron chi connectivity index (χ1n) is 9.74. The molecule has 0 aromatic carbocycles. The highest BCUT2D eigenvalue weighted by atomic mass is 32.1. The lowest BCUT2D eigenvalue weighted by Gasteiger charge is -2.34. The maximum atomic E-state index is 12.1. The number of aromatic nitrogens is 2. The Morgan fingerprint density at radius 1 is 1.20 bits per heavy atom. The topological polar surface area (TPSA) is 70.2 Å². The van der Waals surface area contributed by atoms with E-state index >= 15 is 0 Å². The number of likely N-dealkylation sites (tertiary alicyclic amines) is 1. The van der Waals surface area contributed by atoms with E-state index in [1.807, 2.05) is 0 Å². The average molecular weight is 366 g/mol. The van der Waals surface area contributed by atoms with E-state index in [-0.39, 0.29) is 6.03 Å². The third kappa shape index (κ3) is 5.38. The molecule has 1 aliphatic carbocycles. The van der Waals surface area contributed by atoms with Crippen molar-refractivity contribution in [3.05, 3.63) is 5.01 Å². The van der Waals surface area contributed by atoms with Gasteiger partial charge in [0, 0.05) is 18.5 Å². The molecule has 2 heterocycles. The molecule has 0 spiro atoms. The predicted octanol–water partition coefficient (Wildman–Crippen LogP) is 3.83. The van der Waals surface area contributed by atoms with Crippen LogP contribution in [0.15, 0.2) is 0 Å². The van der Waals surface area contributed by atoms with Crippen LogP contribution in [0, 0.1) is 5.92 Å². The number of anilines is 1. The van der Waals surface area contributed by atoms with Gasteiger partial charge in [-0.3, -0.25) is 10.2 Å². The summed E-state index contributed by atoms with van der Waals surface area (Å²) in [6.07, 6.45) is 8.80. The molecule has 140 valence electrons. The summed E-state index contributed by atoms with van der Waals surface area (Å²) in [4.78, 5) is 14.6. The molecular weight excluding hydrogens is 334 g/mol. The molecule has 2 N–H and O–H groups in total. The molecule has 7 heteroatoms. The molecule has 3 rings (SSSR count). The van der Waals surface area contributed by atoms with E-state index in [4.69, 9.17) is 0 Å². The third-order valence-electron chi connectivity index (χ3n) is 5.62. The van der Waals surface area contributed by atoms with E-state index in [2.05, 4.69) is 39.6 Å².